The van der Waals surface area contributed by atoms with Gasteiger partial charge in [-0.2, -0.15) is 0 Å². The van der Waals surface area contributed by atoms with E-state index in [0.717, 1.165) is 18.4 Å². The van der Waals surface area contributed by atoms with Gasteiger partial charge >= 0.3 is 6.03 Å². The number of hydrogen-bond acceptors (Lipinski definition) is 4. The molecule has 0 saturated heterocycles. The van der Waals surface area contributed by atoms with E-state index in [1.807, 2.05) is 66.4 Å². The van der Waals surface area contributed by atoms with Crippen LogP contribution in [0.1, 0.15) is 65.5 Å². The fraction of sp³-hybridized carbons (Fsp3) is 0.469. The number of amides is 4. The van der Waals surface area contributed by atoms with Crippen LogP contribution in [0.3, 0.4) is 0 Å². The van der Waals surface area contributed by atoms with Crippen LogP contribution in [0.5, 0.6) is 11.5 Å². The van der Waals surface area contributed by atoms with Crippen molar-refractivity contribution in [2.24, 2.45) is 5.92 Å². The van der Waals surface area contributed by atoms with Crippen LogP contribution >= 0.6 is 0 Å². The summed E-state index contributed by atoms with van der Waals surface area (Å²) in [5.41, 5.74) is 1.96. The van der Waals surface area contributed by atoms with Gasteiger partial charge in [0.1, 0.15) is 17.5 Å². The maximum absolute atomic E-state index is 14.2. The lowest BCUT2D eigenvalue weighted by Gasteiger charge is -2.34. The quantitative estimate of drug-likeness (QED) is 0.369. The highest BCUT2D eigenvalue weighted by atomic mass is 16.5. The first-order valence-corrected chi connectivity index (χ1v) is 14.5. The third-order valence-electron chi connectivity index (χ3n) is 7.39. The average Bonchev–Trinajstić information content (AvgIpc) is 3.28. The minimum absolute atomic E-state index is 0.0114. The lowest BCUT2D eigenvalue weighted by atomic mass is 9.95. The fourth-order valence-electron chi connectivity index (χ4n) is 5.62. The number of ether oxygens (including phenoxy) is 1. The number of urea groups is 1. The Hall–Kier alpha value is -3.81. The van der Waals surface area contributed by atoms with Crippen LogP contribution < -0.4 is 10.1 Å². The summed E-state index contributed by atoms with van der Waals surface area (Å²) in [5.74, 6) is 1.32. The summed E-state index contributed by atoms with van der Waals surface area (Å²) in [5, 5.41) is 3.05. The van der Waals surface area contributed by atoms with Gasteiger partial charge in [-0.05, 0) is 61.9 Å². The zero-order valence-corrected chi connectivity index (χ0v) is 24.4. The van der Waals surface area contributed by atoms with Crippen molar-refractivity contribution in [2.75, 3.05) is 26.2 Å². The molecule has 0 saturated carbocycles. The van der Waals surface area contributed by atoms with Gasteiger partial charge in [-0.3, -0.25) is 14.5 Å². The van der Waals surface area contributed by atoms with Crippen molar-refractivity contribution in [2.45, 2.75) is 66.0 Å². The summed E-state index contributed by atoms with van der Waals surface area (Å²) in [6.07, 6.45) is 2.27. The van der Waals surface area contributed by atoms with Gasteiger partial charge < -0.3 is 19.9 Å². The molecular formula is C32H42N4O4. The second kappa shape index (κ2) is 13.0. The van der Waals surface area contributed by atoms with E-state index in [1.165, 1.54) is 0 Å². The average molecular weight is 547 g/mol. The molecular weight excluding hydrogens is 504 g/mol. The van der Waals surface area contributed by atoms with E-state index in [4.69, 9.17) is 4.74 Å². The van der Waals surface area contributed by atoms with Gasteiger partial charge in [0.05, 0.1) is 23.9 Å². The highest BCUT2D eigenvalue weighted by Gasteiger charge is 2.47. The maximum atomic E-state index is 14.2. The van der Waals surface area contributed by atoms with E-state index in [-0.39, 0.29) is 30.3 Å². The molecule has 0 aliphatic carbocycles. The lowest BCUT2D eigenvalue weighted by molar-refractivity contribution is -0.143. The number of para-hydroxylation sites is 1. The Morgan fingerprint density at radius 2 is 1.68 bits per heavy atom. The van der Waals surface area contributed by atoms with E-state index in [9.17, 15) is 14.4 Å². The number of rotatable bonds is 12. The molecule has 2 aliphatic rings. The SMILES string of the molecule is CCCN(CCC)C(=O)[C@H](CC(C)C)N1CC2=C(C1=O)[C@H](c1cccc(Oc3ccccc3)c1)NC(=O)N2CC. The molecule has 2 aromatic carbocycles. The molecule has 2 aliphatic heterocycles. The second-order valence-corrected chi connectivity index (χ2v) is 10.9. The minimum atomic E-state index is -0.640. The summed E-state index contributed by atoms with van der Waals surface area (Å²) in [7, 11) is 0. The number of nitrogens with one attached hydrogen (secondary N) is 1. The zero-order chi connectivity index (χ0) is 28.8. The highest BCUT2D eigenvalue weighted by Crippen LogP contribution is 2.39. The van der Waals surface area contributed by atoms with Gasteiger partial charge in [-0.1, -0.05) is 58.0 Å². The Labute approximate surface area is 238 Å². The summed E-state index contributed by atoms with van der Waals surface area (Å²) in [4.78, 5) is 46.6. The van der Waals surface area contributed by atoms with E-state index in [1.54, 1.807) is 9.80 Å². The standard InChI is InChI=1S/C32H42N4O4/c1-6-17-34(18-7-2)30(37)26(19-22(4)5)36-21-27-28(31(36)38)29(33-32(39)35(27)8-3)23-13-12-16-25(20-23)40-24-14-10-9-11-15-24/h9-16,20,22,26,29H,6-8,17-19,21H2,1-5H3,(H,33,39)/t26-,29-/m0/s1. The van der Waals surface area contributed by atoms with Crippen molar-refractivity contribution in [1.82, 2.24) is 20.0 Å². The molecule has 4 amide bonds. The normalized spacial score (nSPS) is 17.7. The molecule has 8 nitrogen and oxygen atoms in total. The Balaban J connectivity index is 1.69. The van der Waals surface area contributed by atoms with Crippen LogP contribution in [-0.4, -0.2) is 64.8 Å². The molecule has 2 atom stereocenters. The second-order valence-electron chi connectivity index (χ2n) is 10.9. The van der Waals surface area contributed by atoms with E-state index in [0.29, 0.717) is 48.8 Å². The molecule has 1 N–H and O–H groups in total. The molecule has 0 spiro atoms. The van der Waals surface area contributed by atoms with Crippen LogP contribution in [0.2, 0.25) is 0 Å². The maximum Gasteiger partial charge on any atom is 0.322 e. The molecule has 0 unspecified atom stereocenters. The van der Waals surface area contributed by atoms with Gasteiger partial charge in [-0.15, -0.1) is 0 Å². The van der Waals surface area contributed by atoms with Gasteiger partial charge in [-0.25, -0.2) is 4.79 Å². The molecule has 214 valence electrons. The third-order valence-corrected chi connectivity index (χ3v) is 7.39. The van der Waals surface area contributed by atoms with E-state index in [2.05, 4.69) is 33.0 Å². The van der Waals surface area contributed by atoms with Gasteiger partial charge in [0, 0.05) is 19.6 Å². The minimum Gasteiger partial charge on any atom is -0.457 e. The van der Waals surface area contributed by atoms with Crippen LogP contribution in [0, 0.1) is 5.92 Å². The molecule has 0 bridgehead atoms. The molecule has 0 fully saturated rings. The number of benzene rings is 2. The summed E-state index contributed by atoms with van der Waals surface area (Å²) < 4.78 is 6.04. The zero-order valence-electron chi connectivity index (χ0n) is 24.4. The van der Waals surface area contributed by atoms with Gasteiger partial charge in [0.25, 0.3) is 5.91 Å². The first-order chi connectivity index (χ1) is 19.3. The summed E-state index contributed by atoms with van der Waals surface area (Å²) in [6, 6.07) is 15.5. The topological polar surface area (TPSA) is 82.2 Å². The Bertz CT molecular complexity index is 1240. The van der Waals surface area contributed by atoms with Crippen LogP contribution in [0.25, 0.3) is 0 Å². The van der Waals surface area contributed by atoms with Crippen molar-refractivity contribution in [3.63, 3.8) is 0 Å². The van der Waals surface area contributed by atoms with Crippen LogP contribution in [-0.2, 0) is 9.59 Å². The summed E-state index contributed by atoms with van der Waals surface area (Å²) in [6.45, 7) is 12.1. The molecule has 2 aromatic rings. The number of hydrogen-bond donors (Lipinski definition) is 1. The van der Waals surface area contributed by atoms with Crippen molar-refractivity contribution >= 4 is 17.8 Å². The molecule has 40 heavy (non-hydrogen) atoms. The first kappa shape index (κ1) is 29.2. The number of nitrogens with zero attached hydrogens (tertiary/aromatic N) is 3. The number of likely N-dealkylation sites (N-methyl/N-ethyl adjacent to an activating group) is 1. The number of carbonyl (C=O) groups excluding carboxylic acids is 3. The van der Waals surface area contributed by atoms with Crippen molar-refractivity contribution in [3.8, 4) is 11.5 Å². The third kappa shape index (κ3) is 6.16. The Kier molecular flexibility index (Phi) is 9.50. The van der Waals surface area contributed by atoms with E-state index >= 15 is 0 Å². The molecule has 2 heterocycles. The summed E-state index contributed by atoms with van der Waals surface area (Å²) >= 11 is 0. The fourth-order valence-corrected chi connectivity index (χ4v) is 5.62. The predicted molar refractivity (Wildman–Crippen MR) is 156 cm³/mol. The smallest absolute Gasteiger partial charge is 0.322 e. The van der Waals surface area contributed by atoms with Crippen molar-refractivity contribution < 1.29 is 19.1 Å². The molecule has 8 heteroatoms. The van der Waals surface area contributed by atoms with Gasteiger partial charge in [0.2, 0.25) is 5.91 Å². The van der Waals surface area contributed by atoms with Gasteiger partial charge in [0.15, 0.2) is 0 Å². The Morgan fingerprint density at radius 3 is 2.30 bits per heavy atom. The highest BCUT2D eigenvalue weighted by molar-refractivity contribution is 6.03. The first-order valence-electron chi connectivity index (χ1n) is 14.5. The van der Waals surface area contributed by atoms with Crippen LogP contribution in [0.4, 0.5) is 4.79 Å². The molecule has 4 rings (SSSR count). The van der Waals surface area contributed by atoms with Crippen LogP contribution in [0.15, 0.2) is 65.9 Å². The largest absolute Gasteiger partial charge is 0.457 e. The lowest BCUT2D eigenvalue weighted by Crippen LogP contribution is -2.51. The van der Waals surface area contributed by atoms with E-state index < -0.39 is 12.1 Å². The van der Waals surface area contributed by atoms with Crippen molar-refractivity contribution in [1.29, 1.82) is 0 Å². The number of carbonyl (C=O) groups is 3. The van der Waals surface area contributed by atoms with Crippen molar-refractivity contribution in [3.05, 3.63) is 71.4 Å². The monoisotopic (exact) mass is 546 g/mol. The molecule has 0 aromatic heterocycles. The Morgan fingerprint density at radius 1 is 1.00 bits per heavy atom. The predicted octanol–water partition coefficient (Wildman–Crippen LogP) is 5.72. The molecule has 0 radical (unpaired) electrons.